The summed E-state index contributed by atoms with van der Waals surface area (Å²) >= 11 is 12.0. The van der Waals surface area contributed by atoms with E-state index in [1.807, 2.05) is 13.8 Å². The first-order chi connectivity index (χ1) is 12.1. The molecule has 0 aliphatic carbocycles. The number of nitrogens with one attached hydrogen (secondary N) is 2. The summed E-state index contributed by atoms with van der Waals surface area (Å²) in [5.74, 6) is -1.19. The van der Waals surface area contributed by atoms with Crippen LogP contribution in [0, 0.1) is 5.92 Å². The summed E-state index contributed by atoms with van der Waals surface area (Å²) in [4.78, 5) is 36.1. The van der Waals surface area contributed by atoms with E-state index in [4.69, 9.17) is 27.9 Å². The number of hydrogen-bond acceptors (Lipinski definition) is 4. The summed E-state index contributed by atoms with van der Waals surface area (Å²) < 4.78 is 4.78. The first-order valence-electron chi connectivity index (χ1n) is 8.23. The van der Waals surface area contributed by atoms with Crippen molar-refractivity contribution in [1.82, 2.24) is 10.6 Å². The van der Waals surface area contributed by atoms with E-state index in [9.17, 15) is 14.4 Å². The lowest BCUT2D eigenvalue weighted by Crippen LogP contribution is -2.52. The fourth-order valence-electron chi connectivity index (χ4n) is 2.46. The summed E-state index contributed by atoms with van der Waals surface area (Å²) in [5, 5.41) is 6.12. The number of methoxy groups -OCH3 is 1. The van der Waals surface area contributed by atoms with E-state index in [-0.39, 0.29) is 18.2 Å². The molecule has 144 valence electrons. The predicted molar refractivity (Wildman–Crippen MR) is 101 cm³/mol. The molecule has 6 nitrogen and oxygen atoms in total. The number of esters is 1. The molecule has 0 heterocycles. The van der Waals surface area contributed by atoms with Crippen LogP contribution < -0.4 is 10.6 Å². The number of benzene rings is 1. The van der Waals surface area contributed by atoms with Gasteiger partial charge in [0.05, 0.1) is 7.11 Å². The van der Waals surface area contributed by atoms with Crippen molar-refractivity contribution in [3.05, 3.63) is 33.8 Å². The van der Waals surface area contributed by atoms with Crippen LogP contribution in [0.3, 0.4) is 0 Å². The van der Waals surface area contributed by atoms with Crippen LogP contribution in [0.5, 0.6) is 0 Å². The van der Waals surface area contributed by atoms with Gasteiger partial charge in [-0.05, 0) is 30.0 Å². The molecule has 2 N–H and O–H groups in total. The smallest absolute Gasteiger partial charge is 0.328 e. The molecule has 0 saturated heterocycles. The Kier molecular flexibility index (Phi) is 8.88. The molecule has 0 radical (unpaired) electrons. The molecule has 0 saturated carbocycles. The average molecular weight is 403 g/mol. The number of halogens is 2. The van der Waals surface area contributed by atoms with Gasteiger partial charge in [0.15, 0.2) is 0 Å². The average Bonchev–Trinajstić information content (AvgIpc) is 2.54. The SMILES string of the molecule is COC(=O)[C@@H](Cc1ccc(Cl)cc1Cl)NC(=O)[C@H](CC(C)C)NC(C)=O. The molecule has 2 amide bonds. The van der Waals surface area contributed by atoms with Gasteiger partial charge in [0, 0.05) is 23.4 Å². The number of carbonyl (C=O) groups excluding carboxylic acids is 3. The molecule has 0 aromatic heterocycles. The molecule has 0 spiro atoms. The van der Waals surface area contributed by atoms with Crippen molar-refractivity contribution in [2.24, 2.45) is 5.92 Å². The van der Waals surface area contributed by atoms with Crippen molar-refractivity contribution in [3.63, 3.8) is 0 Å². The largest absolute Gasteiger partial charge is 0.467 e. The first-order valence-corrected chi connectivity index (χ1v) is 8.98. The van der Waals surface area contributed by atoms with Crippen LogP contribution in [0.15, 0.2) is 18.2 Å². The van der Waals surface area contributed by atoms with Crippen molar-refractivity contribution in [2.45, 2.75) is 45.7 Å². The lowest BCUT2D eigenvalue weighted by Gasteiger charge is -2.23. The Bertz CT molecular complexity index is 665. The van der Waals surface area contributed by atoms with E-state index in [0.29, 0.717) is 22.0 Å². The van der Waals surface area contributed by atoms with Crippen molar-refractivity contribution in [3.8, 4) is 0 Å². The molecule has 0 fully saturated rings. The highest BCUT2D eigenvalue weighted by molar-refractivity contribution is 6.35. The summed E-state index contributed by atoms with van der Waals surface area (Å²) in [5.41, 5.74) is 0.645. The van der Waals surface area contributed by atoms with E-state index in [0.717, 1.165) is 0 Å². The van der Waals surface area contributed by atoms with E-state index in [2.05, 4.69) is 10.6 Å². The molecule has 26 heavy (non-hydrogen) atoms. The van der Waals surface area contributed by atoms with Crippen molar-refractivity contribution in [1.29, 1.82) is 0 Å². The Morgan fingerprint density at radius 1 is 1.12 bits per heavy atom. The Hall–Kier alpha value is -1.79. The standard InChI is InChI=1S/C18H24Cl2N2O4/c1-10(2)7-15(21-11(3)23)17(24)22-16(18(25)26-4)8-12-5-6-13(19)9-14(12)20/h5-6,9-10,15-16H,7-8H2,1-4H3,(H,21,23)(H,22,24)/t15-,16+/m0/s1. The zero-order chi connectivity index (χ0) is 19.9. The number of carbonyl (C=O) groups is 3. The monoisotopic (exact) mass is 402 g/mol. The Morgan fingerprint density at radius 2 is 1.77 bits per heavy atom. The molecule has 0 aliphatic rings. The molecule has 2 atom stereocenters. The van der Waals surface area contributed by atoms with Crippen LogP contribution in [0.2, 0.25) is 10.0 Å². The van der Waals surface area contributed by atoms with Crippen molar-refractivity contribution in [2.75, 3.05) is 7.11 Å². The van der Waals surface area contributed by atoms with Gasteiger partial charge in [-0.1, -0.05) is 43.1 Å². The van der Waals surface area contributed by atoms with E-state index < -0.39 is 24.0 Å². The Balaban J connectivity index is 2.96. The van der Waals surface area contributed by atoms with Gasteiger partial charge in [0.2, 0.25) is 11.8 Å². The van der Waals surface area contributed by atoms with E-state index >= 15 is 0 Å². The van der Waals surface area contributed by atoms with E-state index in [1.165, 1.54) is 14.0 Å². The van der Waals surface area contributed by atoms with Crippen LogP contribution in [0.25, 0.3) is 0 Å². The van der Waals surface area contributed by atoms with Gasteiger partial charge in [0.25, 0.3) is 0 Å². The van der Waals surface area contributed by atoms with Gasteiger partial charge in [-0.15, -0.1) is 0 Å². The number of hydrogen-bond donors (Lipinski definition) is 2. The third kappa shape index (κ3) is 7.22. The summed E-state index contributed by atoms with van der Waals surface area (Å²) in [6.07, 6.45) is 0.587. The van der Waals surface area contributed by atoms with E-state index in [1.54, 1.807) is 18.2 Å². The molecule has 0 bridgehead atoms. The molecular formula is C18H24Cl2N2O4. The summed E-state index contributed by atoms with van der Waals surface area (Å²) in [6, 6.07) is 3.23. The number of ether oxygens (including phenoxy) is 1. The minimum Gasteiger partial charge on any atom is -0.467 e. The maximum absolute atomic E-state index is 12.6. The Morgan fingerprint density at radius 3 is 2.27 bits per heavy atom. The van der Waals surface area contributed by atoms with Crippen LogP contribution in [0.4, 0.5) is 0 Å². The third-order valence-corrected chi connectivity index (χ3v) is 4.23. The highest BCUT2D eigenvalue weighted by atomic mass is 35.5. The fourth-order valence-corrected chi connectivity index (χ4v) is 2.95. The maximum Gasteiger partial charge on any atom is 0.328 e. The highest BCUT2D eigenvalue weighted by Crippen LogP contribution is 2.22. The molecule has 1 aromatic carbocycles. The topological polar surface area (TPSA) is 84.5 Å². The fraction of sp³-hybridized carbons (Fsp3) is 0.500. The Labute approximate surface area is 163 Å². The zero-order valence-corrected chi connectivity index (χ0v) is 16.8. The van der Waals surface area contributed by atoms with Gasteiger partial charge >= 0.3 is 5.97 Å². The number of rotatable bonds is 8. The van der Waals surface area contributed by atoms with Crippen LogP contribution in [0.1, 0.15) is 32.8 Å². The van der Waals surface area contributed by atoms with Gasteiger partial charge in [0.1, 0.15) is 12.1 Å². The third-order valence-electron chi connectivity index (χ3n) is 3.64. The van der Waals surface area contributed by atoms with Crippen molar-refractivity contribution < 1.29 is 19.1 Å². The van der Waals surface area contributed by atoms with Crippen LogP contribution in [-0.2, 0) is 25.5 Å². The second-order valence-corrected chi connectivity index (χ2v) is 7.25. The molecule has 8 heteroatoms. The van der Waals surface area contributed by atoms with Crippen LogP contribution >= 0.6 is 23.2 Å². The lowest BCUT2D eigenvalue weighted by atomic mass is 10.0. The zero-order valence-electron chi connectivity index (χ0n) is 15.3. The van der Waals surface area contributed by atoms with Crippen LogP contribution in [-0.4, -0.2) is 37.0 Å². The minimum atomic E-state index is -0.936. The van der Waals surface area contributed by atoms with Crippen molar-refractivity contribution >= 4 is 41.0 Å². The molecule has 0 unspecified atom stereocenters. The second kappa shape index (κ2) is 10.4. The first kappa shape index (κ1) is 22.3. The van der Waals surface area contributed by atoms with Gasteiger partial charge in [-0.25, -0.2) is 4.79 Å². The quantitative estimate of drug-likeness (QED) is 0.654. The molecule has 1 rings (SSSR count). The normalized spacial score (nSPS) is 13.0. The number of amides is 2. The van der Waals surface area contributed by atoms with Gasteiger partial charge in [-0.3, -0.25) is 9.59 Å². The second-order valence-electron chi connectivity index (χ2n) is 6.41. The molecular weight excluding hydrogens is 379 g/mol. The maximum atomic E-state index is 12.6. The highest BCUT2D eigenvalue weighted by Gasteiger charge is 2.28. The van der Waals surface area contributed by atoms with Gasteiger partial charge < -0.3 is 15.4 Å². The molecule has 0 aliphatic heterocycles. The minimum absolute atomic E-state index is 0.142. The summed E-state index contributed by atoms with van der Waals surface area (Å²) in [7, 11) is 1.24. The molecule has 1 aromatic rings. The lowest BCUT2D eigenvalue weighted by molar-refractivity contribution is -0.145. The van der Waals surface area contributed by atoms with Gasteiger partial charge in [-0.2, -0.15) is 0 Å². The predicted octanol–water partition coefficient (Wildman–Crippen LogP) is 2.74. The summed E-state index contributed by atoms with van der Waals surface area (Å²) in [6.45, 7) is 5.21.